The van der Waals surface area contributed by atoms with Crippen LogP contribution in [0.5, 0.6) is 0 Å². The van der Waals surface area contributed by atoms with Crippen molar-refractivity contribution in [3.8, 4) is 0 Å². The number of thiocarbonyl (C=S) groups is 1. The number of thioether (sulfide) groups is 2. The van der Waals surface area contributed by atoms with Gasteiger partial charge < -0.3 is 20.2 Å². The van der Waals surface area contributed by atoms with Gasteiger partial charge in [-0.15, -0.1) is 11.8 Å². The largest absolute Gasteiger partial charge is 0.480 e. The number of rotatable bonds is 7. The lowest BCUT2D eigenvalue weighted by molar-refractivity contribution is -0.161. The zero-order chi connectivity index (χ0) is 23.9. The second-order valence-electron chi connectivity index (χ2n) is 8.93. The molecule has 2 N–H and O–H groups in total. The molecule has 0 bridgehead atoms. The normalized spacial score (nSPS) is 27.7. The topological polar surface area (TPSA) is 93.2 Å². The molecule has 1 aromatic carbocycles. The van der Waals surface area contributed by atoms with Crippen LogP contribution in [0.15, 0.2) is 30.3 Å². The summed E-state index contributed by atoms with van der Waals surface area (Å²) in [5.74, 6) is -1.05. The van der Waals surface area contributed by atoms with Gasteiger partial charge in [-0.2, -0.15) is 0 Å². The molecule has 2 amide bonds. The minimum absolute atomic E-state index is 0.263. The highest BCUT2D eigenvalue weighted by molar-refractivity contribution is 8.22. The number of carboxylic acids is 1. The summed E-state index contributed by atoms with van der Waals surface area (Å²) in [6.07, 6.45) is 0.947. The minimum atomic E-state index is -1.02. The summed E-state index contributed by atoms with van der Waals surface area (Å²) in [7, 11) is 0. The number of amides is 2. The zero-order valence-corrected chi connectivity index (χ0v) is 21.2. The molecule has 3 aliphatic heterocycles. The first kappa shape index (κ1) is 24.3. The van der Waals surface area contributed by atoms with E-state index >= 15 is 0 Å². The van der Waals surface area contributed by atoms with Gasteiger partial charge in [-0.05, 0) is 25.8 Å². The van der Waals surface area contributed by atoms with Gasteiger partial charge in [0, 0.05) is 11.3 Å². The van der Waals surface area contributed by atoms with Crippen LogP contribution in [-0.2, 0) is 14.4 Å². The molecule has 8 nitrogen and oxygen atoms in total. The Labute approximate surface area is 207 Å². The quantitative estimate of drug-likeness (QED) is 0.425. The van der Waals surface area contributed by atoms with Crippen molar-refractivity contribution in [1.82, 2.24) is 20.0 Å². The molecule has 0 aliphatic carbocycles. The summed E-state index contributed by atoms with van der Waals surface area (Å²) in [5.41, 5.74) is 0.839. The number of hydrogen-bond acceptors (Lipinski definition) is 7. The summed E-state index contributed by atoms with van der Waals surface area (Å²) < 4.78 is 0.194. The van der Waals surface area contributed by atoms with Crippen LogP contribution in [0.1, 0.15) is 38.8 Å². The number of carbonyl (C=O) groups is 3. The number of carboxylic acid groups (broad SMARTS) is 1. The molecule has 4 rings (SSSR count). The number of nitrogens with one attached hydrogen (secondary N) is 1. The molecule has 0 saturated carbocycles. The summed E-state index contributed by atoms with van der Waals surface area (Å²) in [6, 6.07) is 7.29. The molecule has 0 aromatic heterocycles. The molecule has 11 heteroatoms. The molecule has 0 spiro atoms. The lowest BCUT2D eigenvalue weighted by Gasteiger charge is -2.45. The second-order valence-corrected chi connectivity index (χ2v) is 12.3. The third-order valence-electron chi connectivity index (χ3n) is 6.16. The third-order valence-corrected chi connectivity index (χ3v) is 9.31. The van der Waals surface area contributed by atoms with Gasteiger partial charge in [0.15, 0.2) is 0 Å². The van der Waals surface area contributed by atoms with Gasteiger partial charge in [-0.25, -0.2) is 4.79 Å². The Bertz CT molecular complexity index is 960. The number of β-lactam (4-membered cyclic amide) rings is 1. The Balaban J connectivity index is 1.54. The van der Waals surface area contributed by atoms with Gasteiger partial charge in [0.05, 0.1) is 12.5 Å². The Morgan fingerprint density at radius 1 is 1.30 bits per heavy atom. The average Bonchev–Trinajstić information content (AvgIpc) is 3.03. The van der Waals surface area contributed by atoms with Crippen LogP contribution in [0.2, 0.25) is 0 Å². The van der Waals surface area contributed by atoms with Crippen LogP contribution >= 0.6 is 35.7 Å². The van der Waals surface area contributed by atoms with Crippen molar-refractivity contribution in [3.05, 3.63) is 35.9 Å². The summed E-state index contributed by atoms with van der Waals surface area (Å²) in [5, 5.41) is 12.2. The Kier molecular flexibility index (Phi) is 6.95. The molecule has 3 saturated heterocycles. The number of aliphatic carboxylic acids is 1. The van der Waals surface area contributed by atoms with E-state index in [1.54, 1.807) is 0 Å². The van der Waals surface area contributed by atoms with Gasteiger partial charge in [0.2, 0.25) is 11.8 Å². The molecule has 178 valence electrons. The standard InChI is InChI=1S/C22H28N4O4S3/c1-4-10-24-11-25(12-32-21(24)31)15(13-8-6-5-7-9-13)17(27)23-14-18(28)26-16(20(29)30)22(2,3)33-19(14)26/h5-9,14-16,19H,4,10-12H2,1-3H3,(H,23,27)(H,29,30)/t14-,15+,16+,19+/m0/s1. The third kappa shape index (κ3) is 4.48. The minimum Gasteiger partial charge on any atom is -0.480 e. The van der Waals surface area contributed by atoms with Crippen molar-refractivity contribution >= 4 is 57.8 Å². The second kappa shape index (κ2) is 9.44. The summed E-state index contributed by atoms with van der Waals surface area (Å²) in [4.78, 5) is 43.8. The molecule has 3 heterocycles. The Morgan fingerprint density at radius 3 is 2.64 bits per heavy atom. The van der Waals surface area contributed by atoms with Gasteiger partial charge in [0.25, 0.3) is 0 Å². The van der Waals surface area contributed by atoms with E-state index in [9.17, 15) is 19.5 Å². The van der Waals surface area contributed by atoms with E-state index in [-0.39, 0.29) is 17.2 Å². The maximum Gasteiger partial charge on any atom is 0.327 e. The van der Waals surface area contributed by atoms with Crippen molar-refractivity contribution in [2.45, 2.75) is 55.4 Å². The van der Waals surface area contributed by atoms with E-state index in [0.717, 1.165) is 22.8 Å². The maximum absolute atomic E-state index is 13.6. The zero-order valence-electron chi connectivity index (χ0n) is 18.8. The van der Waals surface area contributed by atoms with Crippen LogP contribution in [0, 0.1) is 0 Å². The van der Waals surface area contributed by atoms with Gasteiger partial charge in [-0.1, -0.05) is 61.2 Å². The first-order chi connectivity index (χ1) is 15.7. The predicted molar refractivity (Wildman–Crippen MR) is 134 cm³/mol. The maximum atomic E-state index is 13.6. The fraction of sp³-hybridized carbons (Fsp3) is 0.545. The molecule has 0 unspecified atom stereocenters. The highest BCUT2D eigenvalue weighted by Gasteiger charge is 2.64. The highest BCUT2D eigenvalue weighted by atomic mass is 32.2. The summed E-state index contributed by atoms with van der Waals surface area (Å²) >= 11 is 8.45. The van der Waals surface area contributed by atoms with Crippen molar-refractivity contribution in [2.24, 2.45) is 0 Å². The van der Waals surface area contributed by atoms with Crippen LogP contribution in [0.25, 0.3) is 0 Å². The van der Waals surface area contributed by atoms with Gasteiger partial charge >= 0.3 is 5.97 Å². The van der Waals surface area contributed by atoms with E-state index < -0.39 is 28.8 Å². The molecule has 4 atom stereocenters. The monoisotopic (exact) mass is 508 g/mol. The van der Waals surface area contributed by atoms with E-state index in [2.05, 4.69) is 22.0 Å². The van der Waals surface area contributed by atoms with Crippen molar-refractivity contribution in [1.29, 1.82) is 0 Å². The smallest absolute Gasteiger partial charge is 0.327 e. The fourth-order valence-electron chi connectivity index (χ4n) is 4.68. The van der Waals surface area contributed by atoms with Crippen LogP contribution in [0.4, 0.5) is 0 Å². The van der Waals surface area contributed by atoms with Crippen molar-refractivity contribution in [2.75, 3.05) is 19.1 Å². The first-order valence-corrected chi connectivity index (χ1v) is 13.2. The number of hydrogen-bond donors (Lipinski definition) is 2. The van der Waals surface area contributed by atoms with Gasteiger partial charge in [-0.3, -0.25) is 14.5 Å². The predicted octanol–water partition coefficient (Wildman–Crippen LogP) is 2.32. The molecule has 3 fully saturated rings. The Hall–Kier alpha value is -1.82. The van der Waals surface area contributed by atoms with Gasteiger partial charge in [0.1, 0.15) is 27.8 Å². The number of nitrogens with zero attached hydrogens (tertiary/aromatic N) is 3. The molecular weight excluding hydrogens is 480 g/mol. The lowest BCUT2D eigenvalue weighted by Crippen LogP contribution is -2.71. The fourth-order valence-corrected chi connectivity index (χ4v) is 7.45. The van der Waals surface area contributed by atoms with Crippen LogP contribution < -0.4 is 5.32 Å². The SMILES string of the molecule is CCCN1CN([C@@H](C(=O)N[C@H]2C(=O)N3[C@@H]2SC(C)(C)[C@H]3C(=O)O)c2ccccc2)CSC1=S. The van der Waals surface area contributed by atoms with Crippen molar-refractivity contribution in [3.63, 3.8) is 0 Å². The van der Waals surface area contributed by atoms with Crippen LogP contribution in [0.3, 0.4) is 0 Å². The average molecular weight is 509 g/mol. The molecule has 33 heavy (non-hydrogen) atoms. The highest BCUT2D eigenvalue weighted by Crippen LogP contribution is 2.50. The van der Waals surface area contributed by atoms with E-state index in [4.69, 9.17) is 12.2 Å². The van der Waals surface area contributed by atoms with E-state index in [1.807, 2.05) is 44.2 Å². The first-order valence-electron chi connectivity index (χ1n) is 10.9. The van der Waals surface area contributed by atoms with Crippen molar-refractivity contribution < 1.29 is 19.5 Å². The van der Waals surface area contributed by atoms with Crippen LogP contribution in [-0.4, -0.2) is 83.2 Å². The molecule has 3 aliphatic rings. The Morgan fingerprint density at radius 2 is 2.00 bits per heavy atom. The number of benzene rings is 1. The van der Waals surface area contributed by atoms with E-state index in [0.29, 0.717) is 12.5 Å². The molecule has 1 aromatic rings. The lowest BCUT2D eigenvalue weighted by atomic mass is 9.95. The summed E-state index contributed by atoms with van der Waals surface area (Å²) in [6.45, 7) is 7.08. The molecular formula is C22H28N4O4S3. The van der Waals surface area contributed by atoms with E-state index in [1.165, 1.54) is 28.4 Å². The number of carbonyl (C=O) groups excluding carboxylic acids is 2. The number of fused-ring (bicyclic) bond motifs is 1. The molecule has 0 radical (unpaired) electrons.